The maximum absolute atomic E-state index is 12.9. The summed E-state index contributed by atoms with van der Waals surface area (Å²) in [7, 11) is 0. The Morgan fingerprint density at radius 2 is 0.547 bits per heavy atom. The van der Waals surface area contributed by atoms with Crippen molar-refractivity contribution in [2.75, 3.05) is 13.2 Å². The summed E-state index contributed by atoms with van der Waals surface area (Å²) in [5.74, 6) is -0.919. The lowest BCUT2D eigenvalue weighted by Gasteiger charge is -2.18. The number of allylic oxidation sites excluding steroid dienone is 16. The van der Waals surface area contributed by atoms with Gasteiger partial charge in [0.2, 0.25) is 0 Å². The molecule has 75 heavy (non-hydrogen) atoms. The van der Waals surface area contributed by atoms with Gasteiger partial charge in [-0.3, -0.25) is 14.4 Å². The van der Waals surface area contributed by atoms with Crippen LogP contribution in [-0.2, 0) is 28.6 Å². The number of rotatable bonds is 57. The summed E-state index contributed by atoms with van der Waals surface area (Å²) >= 11 is 0. The Bertz CT molecular complexity index is 1480. The summed E-state index contributed by atoms with van der Waals surface area (Å²) in [6.07, 6.45) is 84.1. The van der Waals surface area contributed by atoms with Crippen LogP contribution < -0.4 is 0 Å². The highest BCUT2D eigenvalue weighted by Gasteiger charge is 2.19. The zero-order valence-corrected chi connectivity index (χ0v) is 49.3. The molecule has 0 N–H and O–H groups in total. The molecule has 0 aliphatic rings. The van der Waals surface area contributed by atoms with Crippen molar-refractivity contribution in [1.29, 1.82) is 0 Å². The molecule has 1 unspecified atom stereocenters. The number of carbonyl (C=O) groups is 3. The van der Waals surface area contributed by atoms with E-state index in [-0.39, 0.29) is 31.1 Å². The number of unbranched alkanes of at least 4 members (excludes halogenated alkanes) is 30. The van der Waals surface area contributed by atoms with Crippen LogP contribution in [0.4, 0.5) is 0 Å². The lowest BCUT2D eigenvalue weighted by Crippen LogP contribution is -2.30. The average Bonchev–Trinajstić information content (AvgIpc) is 3.41. The molecule has 0 saturated heterocycles. The molecule has 0 rings (SSSR count). The van der Waals surface area contributed by atoms with Gasteiger partial charge in [0.1, 0.15) is 13.2 Å². The summed E-state index contributed by atoms with van der Waals surface area (Å²) in [5, 5.41) is 0. The number of ether oxygens (including phenoxy) is 3. The molecule has 0 fully saturated rings. The van der Waals surface area contributed by atoms with Crippen molar-refractivity contribution in [1.82, 2.24) is 0 Å². The second kappa shape index (κ2) is 62.9. The molecule has 0 bridgehead atoms. The second-order valence-electron chi connectivity index (χ2n) is 20.9. The first-order valence-electron chi connectivity index (χ1n) is 31.7. The predicted molar refractivity (Wildman–Crippen MR) is 325 cm³/mol. The first-order valence-corrected chi connectivity index (χ1v) is 31.7. The number of hydrogen-bond donors (Lipinski definition) is 0. The molecular weight excluding hydrogens is 925 g/mol. The highest BCUT2D eigenvalue weighted by molar-refractivity contribution is 5.71. The third-order valence-electron chi connectivity index (χ3n) is 13.6. The zero-order chi connectivity index (χ0) is 54.3. The quantitative estimate of drug-likeness (QED) is 0.0261. The minimum absolute atomic E-state index is 0.0915. The fourth-order valence-electron chi connectivity index (χ4n) is 8.84. The first kappa shape index (κ1) is 71.3. The molecule has 6 nitrogen and oxygen atoms in total. The van der Waals surface area contributed by atoms with E-state index in [1.165, 1.54) is 122 Å². The number of esters is 3. The fraction of sp³-hybridized carbons (Fsp3) is 0.725. The van der Waals surface area contributed by atoms with Crippen LogP contribution in [-0.4, -0.2) is 37.2 Å². The van der Waals surface area contributed by atoms with Crippen LogP contribution in [0, 0.1) is 0 Å². The summed E-state index contributed by atoms with van der Waals surface area (Å²) in [5.41, 5.74) is 0. The topological polar surface area (TPSA) is 78.9 Å². The van der Waals surface area contributed by atoms with Crippen LogP contribution in [0.1, 0.15) is 303 Å². The van der Waals surface area contributed by atoms with Crippen molar-refractivity contribution in [2.24, 2.45) is 0 Å². The van der Waals surface area contributed by atoms with Crippen LogP contribution in [0.5, 0.6) is 0 Å². The molecule has 0 amide bonds. The van der Waals surface area contributed by atoms with Gasteiger partial charge in [-0.25, -0.2) is 0 Å². The van der Waals surface area contributed by atoms with Crippen molar-refractivity contribution in [3.8, 4) is 0 Å². The van der Waals surface area contributed by atoms with Crippen LogP contribution >= 0.6 is 0 Å². The first-order chi connectivity index (χ1) is 37.0. The minimum atomic E-state index is -0.795. The molecule has 0 aromatic heterocycles. The van der Waals surface area contributed by atoms with E-state index in [1.54, 1.807) is 0 Å². The SMILES string of the molecule is CC/C=C\C/C=C\C/C=C\C/C=C\C/C=C\C/C=C\CCCCCCC(=O)OCC(COC(=O)CCCCCCC/C=C\C/C=C\CCC)OC(=O)CCCCCCCCCCCCCCCCCCCCCCC. The highest BCUT2D eigenvalue weighted by atomic mass is 16.6. The largest absolute Gasteiger partial charge is 0.462 e. The normalized spacial score (nSPS) is 12.7. The van der Waals surface area contributed by atoms with Crippen LogP contribution in [0.2, 0.25) is 0 Å². The summed E-state index contributed by atoms with van der Waals surface area (Å²) in [4.78, 5) is 38.3. The van der Waals surface area contributed by atoms with Gasteiger partial charge in [0, 0.05) is 19.3 Å². The standard InChI is InChI=1S/C69H118O6/c1-4-7-10-13-16-19-22-25-27-29-31-33-34-36-37-39-41-44-47-50-53-56-59-62-68(71)74-65-66(64-73-67(70)61-58-55-52-49-46-43-24-21-18-15-12-9-6-3)75-69(72)63-60-57-54-51-48-45-42-40-38-35-32-30-28-26-23-20-17-14-11-8-5-2/h7,10,12,15-16,19,21,24-25,27,31,33,36-37,41,44,66H,4-6,8-9,11,13-14,17-18,20,22-23,26,28-30,32,34-35,38-40,42-43,45-65H2,1-3H3/b10-7-,15-12-,19-16-,24-21-,27-25-,33-31-,37-36-,44-41-. The number of hydrogen-bond acceptors (Lipinski definition) is 6. The molecule has 0 aromatic carbocycles. The van der Waals surface area contributed by atoms with Crippen LogP contribution in [0.25, 0.3) is 0 Å². The Labute approximate surface area is 464 Å². The fourth-order valence-corrected chi connectivity index (χ4v) is 8.84. The van der Waals surface area contributed by atoms with Gasteiger partial charge >= 0.3 is 17.9 Å². The molecule has 6 heteroatoms. The molecule has 0 aliphatic heterocycles. The van der Waals surface area contributed by atoms with Crippen molar-refractivity contribution < 1.29 is 28.6 Å². The maximum Gasteiger partial charge on any atom is 0.306 e. The minimum Gasteiger partial charge on any atom is -0.462 e. The predicted octanol–water partition coefficient (Wildman–Crippen LogP) is 21.7. The van der Waals surface area contributed by atoms with Crippen LogP contribution in [0.3, 0.4) is 0 Å². The van der Waals surface area contributed by atoms with Gasteiger partial charge in [-0.1, -0.05) is 285 Å². The molecule has 0 radical (unpaired) electrons. The lowest BCUT2D eigenvalue weighted by molar-refractivity contribution is -0.167. The van der Waals surface area contributed by atoms with Gasteiger partial charge in [-0.15, -0.1) is 0 Å². The van der Waals surface area contributed by atoms with E-state index in [0.29, 0.717) is 19.3 Å². The van der Waals surface area contributed by atoms with Crippen molar-refractivity contribution in [3.63, 3.8) is 0 Å². The van der Waals surface area contributed by atoms with E-state index in [0.717, 1.165) is 141 Å². The third-order valence-corrected chi connectivity index (χ3v) is 13.6. The molecule has 0 heterocycles. The van der Waals surface area contributed by atoms with E-state index in [2.05, 4.69) is 118 Å². The monoisotopic (exact) mass is 1040 g/mol. The van der Waals surface area contributed by atoms with Crippen molar-refractivity contribution >= 4 is 17.9 Å². The highest BCUT2D eigenvalue weighted by Crippen LogP contribution is 2.17. The van der Waals surface area contributed by atoms with Gasteiger partial charge in [-0.05, 0) is 96.3 Å². The van der Waals surface area contributed by atoms with Crippen molar-refractivity contribution in [3.05, 3.63) is 97.2 Å². The Morgan fingerprint density at radius 3 is 0.867 bits per heavy atom. The lowest BCUT2D eigenvalue weighted by atomic mass is 10.0. The average molecular weight is 1040 g/mol. The Kier molecular flexibility index (Phi) is 59.8. The van der Waals surface area contributed by atoms with E-state index in [4.69, 9.17) is 14.2 Å². The maximum atomic E-state index is 12.9. The molecule has 0 aliphatic carbocycles. The molecule has 0 saturated carbocycles. The molecular formula is C69H118O6. The van der Waals surface area contributed by atoms with E-state index in [1.807, 2.05) is 0 Å². The van der Waals surface area contributed by atoms with Gasteiger partial charge in [-0.2, -0.15) is 0 Å². The van der Waals surface area contributed by atoms with Gasteiger partial charge in [0.05, 0.1) is 0 Å². The van der Waals surface area contributed by atoms with E-state index in [9.17, 15) is 14.4 Å². The molecule has 430 valence electrons. The zero-order valence-electron chi connectivity index (χ0n) is 49.3. The summed E-state index contributed by atoms with van der Waals surface area (Å²) in [6.45, 7) is 6.46. The second-order valence-corrected chi connectivity index (χ2v) is 20.9. The van der Waals surface area contributed by atoms with E-state index < -0.39 is 6.10 Å². The van der Waals surface area contributed by atoms with Crippen LogP contribution in [0.15, 0.2) is 97.2 Å². The number of carbonyl (C=O) groups excluding carboxylic acids is 3. The van der Waals surface area contributed by atoms with Crippen molar-refractivity contribution in [2.45, 2.75) is 309 Å². The Morgan fingerprint density at radius 1 is 0.280 bits per heavy atom. The van der Waals surface area contributed by atoms with Gasteiger partial charge in [0.25, 0.3) is 0 Å². The Hall–Kier alpha value is -3.67. The van der Waals surface area contributed by atoms with E-state index >= 15 is 0 Å². The summed E-state index contributed by atoms with van der Waals surface area (Å²) < 4.78 is 16.9. The van der Waals surface area contributed by atoms with Gasteiger partial charge in [0.15, 0.2) is 6.10 Å². The third kappa shape index (κ3) is 61.1. The molecule has 1 atom stereocenters. The molecule has 0 aromatic rings. The molecule has 0 spiro atoms. The van der Waals surface area contributed by atoms with Gasteiger partial charge < -0.3 is 14.2 Å². The smallest absolute Gasteiger partial charge is 0.306 e. The summed E-state index contributed by atoms with van der Waals surface area (Å²) in [6, 6.07) is 0. The Balaban J connectivity index is 4.38.